The second kappa shape index (κ2) is 10.2. The highest BCUT2D eigenvalue weighted by molar-refractivity contribution is 7.61. The minimum Gasteiger partial charge on any atom is -0.316 e. The number of allylic oxidation sites excluding steroid dienone is 2. The lowest BCUT2D eigenvalue weighted by molar-refractivity contribution is 0.770. The summed E-state index contributed by atoms with van der Waals surface area (Å²) in [6, 6.07) is 0. The molecule has 2 unspecified atom stereocenters. The van der Waals surface area contributed by atoms with Crippen LogP contribution in [-0.2, 0) is 0 Å². The van der Waals surface area contributed by atoms with Crippen LogP contribution < -0.4 is 5.32 Å². The molecule has 2 atom stereocenters. The van der Waals surface area contributed by atoms with Gasteiger partial charge in [-0.2, -0.15) is 0 Å². The highest BCUT2D eigenvalue weighted by atomic mass is 31.1. The van der Waals surface area contributed by atoms with E-state index in [1.54, 1.807) is 0 Å². The van der Waals surface area contributed by atoms with Crippen LogP contribution in [0.15, 0.2) is 23.8 Å². The second-order valence-electron chi connectivity index (χ2n) is 4.43. The summed E-state index contributed by atoms with van der Waals surface area (Å²) in [5.41, 5.74) is 0. The van der Waals surface area contributed by atoms with Crippen molar-refractivity contribution in [3.05, 3.63) is 23.8 Å². The first kappa shape index (κ1) is 17.3. The molecule has 100 valence electrons. The van der Waals surface area contributed by atoms with Crippen molar-refractivity contribution in [2.45, 2.75) is 26.7 Å². The number of hydrogen-bond acceptors (Lipinski definition) is 1. The molecule has 0 fully saturated rings. The second-order valence-corrected chi connectivity index (χ2v) is 9.38. The smallest absolute Gasteiger partial charge is 0.000655 e. The highest BCUT2D eigenvalue weighted by Gasteiger charge is 2.05. The van der Waals surface area contributed by atoms with Crippen molar-refractivity contribution in [3.8, 4) is 0 Å². The zero-order valence-corrected chi connectivity index (χ0v) is 13.8. The molecule has 17 heavy (non-hydrogen) atoms. The predicted molar refractivity (Wildman–Crippen MR) is 87.2 cm³/mol. The number of nitrogens with one attached hydrogen (secondary N) is 1. The third-order valence-corrected chi connectivity index (χ3v) is 7.72. The first-order chi connectivity index (χ1) is 8.02. The zero-order chi connectivity index (χ0) is 13.3. The molecule has 0 aromatic heterocycles. The average molecular weight is 273 g/mol. The van der Waals surface area contributed by atoms with Crippen molar-refractivity contribution in [3.63, 3.8) is 0 Å². The van der Waals surface area contributed by atoms with Crippen molar-refractivity contribution in [1.29, 1.82) is 0 Å². The largest absolute Gasteiger partial charge is 0.316 e. The highest BCUT2D eigenvalue weighted by Crippen LogP contribution is 2.41. The van der Waals surface area contributed by atoms with Crippen LogP contribution in [0.1, 0.15) is 26.7 Å². The molecule has 0 amide bonds. The molecular weight excluding hydrogens is 244 g/mol. The molecule has 0 aliphatic carbocycles. The lowest BCUT2D eigenvalue weighted by atomic mass is 10.5. The molecule has 0 saturated carbocycles. The average Bonchev–Trinajstić information content (AvgIpc) is 2.35. The lowest BCUT2D eigenvalue weighted by Crippen LogP contribution is -2.21. The molecule has 0 aliphatic heterocycles. The van der Waals surface area contributed by atoms with E-state index in [1.165, 1.54) is 23.0 Å². The summed E-state index contributed by atoms with van der Waals surface area (Å²) in [6.45, 7) is 19.6. The van der Waals surface area contributed by atoms with Gasteiger partial charge < -0.3 is 5.32 Å². The van der Waals surface area contributed by atoms with Crippen LogP contribution in [0.3, 0.4) is 0 Å². The third kappa shape index (κ3) is 8.09. The Bertz CT molecular complexity index is 214. The van der Waals surface area contributed by atoms with Crippen molar-refractivity contribution < 1.29 is 0 Å². The normalized spacial score (nSPS) is 14.4. The van der Waals surface area contributed by atoms with E-state index in [4.69, 9.17) is 0 Å². The molecule has 0 aliphatic rings. The van der Waals surface area contributed by atoms with Crippen molar-refractivity contribution in [1.82, 2.24) is 5.32 Å². The fourth-order valence-corrected chi connectivity index (χ4v) is 4.17. The molecule has 1 nitrogen and oxygen atoms in total. The molecule has 0 spiro atoms. The Morgan fingerprint density at radius 2 is 1.24 bits per heavy atom. The van der Waals surface area contributed by atoms with E-state index in [2.05, 4.69) is 45.7 Å². The van der Waals surface area contributed by atoms with Gasteiger partial charge >= 0.3 is 0 Å². The van der Waals surface area contributed by atoms with Crippen molar-refractivity contribution >= 4 is 15.8 Å². The minimum atomic E-state index is 0.0414. The molecule has 0 radical (unpaired) electrons. The van der Waals surface area contributed by atoms with Crippen LogP contribution in [-0.4, -0.2) is 38.7 Å². The van der Waals surface area contributed by atoms with Gasteiger partial charge in [0, 0.05) is 0 Å². The summed E-state index contributed by atoms with van der Waals surface area (Å²) in [5, 5.41) is 6.44. The standard InChI is InChI=1S/C14H29NP2/c1-7-13(3)16(5)11-9-15-10-12-17(6)14(4)8-2/h15H,3-4,7-12H2,1-2,5-6H3. The molecule has 0 saturated heterocycles. The van der Waals surface area contributed by atoms with Gasteiger partial charge in [0.05, 0.1) is 0 Å². The van der Waals surface area contributed by atoms with Crippen LogP contribution >= 0.6 is 15.8 Å². The maximum absolute atomic E-state index is 4.13. The van der Waals surface area contributed by atoms with Gasteiger partial charge in [0.25, 0.3) is 0 Å². The van der Waals surface area contributed by atoms with Crippen LogP contribution in [0.2, 0.25) is 0 Å². The van der Waals surface area contributed by atoms with Gasteiger partial charge in [-0.25, -0.2) is 0 Å². The first-order valence-electron chi connectivity index (χ1n) is 6.51. The molecule has 3 heteroatoms. The Balaban J connectivity index is 3.53. The zero-order valence-electron chi connectivity index (χ0n) is 12.1. The van der Waals surface area contributed by atoms with Gasteiger partial charge in [-0.15, -0.1) is 0 Å². The summed E-state index contributed by atoms with van der Waals surface area (Å²) >= 11 is 0. The number of hydrogen-bond donors (Lipinski definition) is 1. The van der Waals surface area contributed by atoms with Gasteiger partial charge in [0.2, 0.25) is 0 Å². The topological polar surface area (TPSA) is 12.0 Å². The van der Waals surface area contributed by atoms with Gasteiger partial charge in [-0.3, -0.25) is 0 Å². The summed E-state index contributed by atoms with van der Waals surface area (Å²) in [4.78, 5) is 0. The minimum absolute atomic E-state index is 0.0414. The molecule has 0 bridgehead atoms. The Kier molecular flexibility index (Phi) is 10.4. The maximum atomic E-state index is 4.13. The van der Waals surface area contributed by atoms with E-state index < -0.39 is 0 Å². The van der Waals surface area contributed by atoms with E-state index >= 15 is 0 Å². The summed E-state index contributed by atoms with van der Waals surface area (Å²) in [7, 11) is 0.0829. The monoisotopic (exact) mass is 273 g/mol. The van der Waals surface area contributed by atoms with Crippen LogP contribution in [0.25, 0.3) is 0 Å². The molecular formula is C14H29NP2. The van der Waals surface area contributed by atoms with Crippen LogP contribution in [0.4, 0.5) is 0 Å². The number of rotatable bonds is 10. The van der Waals surface area contributed by atoms with Gasteiger partial charge in [-0.05, 0) is 51.6 Å². The summed E-state index contributed by atoms with van der Waals surface area (Å²) in [5.74, 6) is 0. The van der Waals surface area contributed by atoms with E-state index in [0.29, 0.717) is 0 Å². The summed E-state index contributed by atoms with van der Waals surface area (Å²) in [6.07, 6.45) is 4.83. The molecule has 0 heterocycles. The molecule has 0 aromatic carbocycles. The van der Waals surface area contributed by atoms with Gasteiger partial charge in [0.15, 0.2) is 0 Å². The molecule has 1 N–H and O–H groups in total. The van der Waals surface area contributed by atoms with Crippen LogP contribution in [0.5, 0.6) is 0 Å². The van der Waals surface area contributed by atoms with E-state index in [-0.39, 0.29) is 15.8 Å². The Hall–Kier alpha value is 0.300. The summed E-state index contributed by atoms with van der Waals surface area (Å²) < 4.78 is 0. The fourth-order valence-electron chi connectivity index (χ4n) is 1.47. The first-order valence-corrected chi connectivity index (χ1v) is 10.5. The molecule has 0 aromatic rings. The van der Waals surface area contributed by atoms with E-state index in [1.807, 2.05) is 0 Å². The fraction of sp³-hybridized carbons (Fsp3) is 0.714. The van der Waals surface area contributed by atoms with E-state index in [9.17, 15) is 0 Å². The van der Waals surface area contributed by atoms with Crippen LogP contribution in [0, 0.1) is 0 Å². The quantitative estimate of drug-likeness (QED) is 0.451. The Morgan fingerprint density at radius 1 is 0.882 bits per heavy atom. The van der Waals surface area contributed by atoms with E-state index in [0.717, 1.165) is 25.9 Å². The SMILES string of the molecule is C=C(CC)P(C)CCNCCP(C)C(=C)CC. The Labute approximate surface area is 111 Å². The maximum Gasteiger partial charge on any atom is -0.000655 e. The van der Waals surface area contributed by atoms with Gasteiger partial charge in [0.1, 0.15) is 0 Å². The van der Waals surface area contributed by atoms with Gasteiger partial charge in [-0.1, -0.05) is 53.5 Å². The molecule has 0 rings (SSSR count). The third-order valence-electron chi connectivity index (χ3n) is 3.14. The van der Waals surface area contributed by atoms with Crippen molar-refractivity contribution in [2.24, 2.45) is 0 Å². The Morgan fingerprint density at radius 3 is 1.53 bits per heavy atom. The predicted octanol–water partition coefficient (Wildman–Crippen LogP) is 4.65. The lowest BCUT2D eigenvalue weighted by Gasteiger charge is -2.16. The van der Waals surface area contributed by atoms with Crippen molar-refractivity contribution in [2.75, 3.05) is 38.7 Å².